The first kappa shape index (κ1) is 12.6. The van der Waals surface area contributed by atoms with Gasteiger partial charge in [0.15, 0.2) is 0 Å². The molecule has 1 aromatic carbocycles. The predicted molar refractivity (Wildman–Crippen MR) is 77.8 cm³/mol. The van der Waals surface area contributed by atoms with E-state index in [1.807, 2.05) is 26.0 Å². The fraction of sp³-hybridized carbons (Fsp3) is 0.267. The quantitative estimate of drug-likeness (QED) is 0.826. The lowest BCUT2D eigenvalue weighted by Gasteiger charge is -2.20. The number of hydrogen-bond acceptors (Lipinski definition) is 3. The summed E-state index contributed by atoms with van der Waals surface area (Å²) in [7, 11) is 0. The summed E-state index contributed by atoms with van der Waals surface area (Å²) in [6.07, 6.45) is 0.446. The van der Waals surface area contributed by atoms with E-state index in [2.05, 4.69) is 15.5 Å². The van der Waals surface area contributed by atoms with Crippen LogP contribution in [-0.4, -0.2) is 16.6 Å². The highest BCUT2D eigenvalue weighted by molar-refractivity contribution is 6.07. The Kier molecular flexibility index (Phi) is 2.89. The van der Waals surface area contributed by atoms with E-state index in [-0.39, 0.29) is 17.4 Å². The lowest BCUT2D eigenvalue weighted by Crippen LogP contribution is -2.32. The maximum absolute atomic E-state index is 11.4. The molecule has 20 heavy (non-hydrogen) atoms. The largest absolute Gasteiger partial charge is 0.322 e. The zero-order valence-electron chi connectivity index (χ0n) is 11.4. The Bertz CT molecular complexity index is 789. The summed E-state index contributed by atoms with van der Waals surface area (Å²) >= 11 is 0. The van der Waals surface area contributed by atoms with E-state index < -0.39 is 0 Å². The van der Waals surface area contributed by atoms with E-state index in [0.29, 0.717) is 6.42 Å². The van der Waals surface area contributed by atoms with Crippen molar-refractivity contribution in [1.82, 2.24) is 10.4 Å². The van der Waals surface area contributed by atoms with Crippen LogP contribution in [0.3, 0.4) is 0 Å². The van der Waals surface area contributed by atoms with Crippen LogP contribution < -0.4 is 11.0 Å². The van der Waals surface area contributed by atoms with Gasteiger partial charge in [0.25, 0.3) is 0 Å². The van der Waals surface area contributed by atoms with Crippen molar-refractivity contribution in [3.63, 3.8) is 0 Å². The average Bonchev–Trinajstić information content (AvgIpc) is 2.39. The van der Waals surface area contributed by atoms with E-state index in [9.17, 15) is 9.59 Å². The standard InChI is InChI=1S/C15H15N3O2/c1-8-5-11(15-9(2)6-13(20)17-18-15)7-10-3-4-12(19)16-14(8)10/h3-5,7,9H,6H2,1-2H3,(H,16,19)(H,17,20). The number of amides is 1. The van der Waals surface area contributed by atoms with Crippen LogP contribution in [-0.2, 0) is 4.79 Å². The Labute approximate surface area is 115 Å². The van der Waals surface area contributed by atoms with E-state index in [4.69, 9.17) is 0 Å². The Morgan fingerprint density at radius 1 is 1.25 bits per heavy atom. The van der Waals surface area contributed by atoms with Crippen LogP contribution in [0.1, 0.15) is 24.5 Å². The van der Waals surface area contributed by atoms with Crippen molar-refractivity contribution in [3.8, 4) is 0 Å². The summed E-state index contributed by atoms with van der Waals surface area (Å²) < 4.78 is 0. The van der Waals surface area contributed by atoms with Gasteiger partial charge in [0.1, 0.15) is 0 Å². The van der Waals surface area contributed by atoms with Crippen molar-refractivity contribution in [3.05, 3.63) is 45.7 Å². The third-order valence-corrected chi connectivity index (χ3v) is 3.58. The molecule has 2 heterocycles. The minimum Gasteiger partial charge on any atom is -0.322 e. The molecule has 5 heteroatoms. The van der Waals surface area contributed by atoms with Gasteiger partial charge in [-0.2, -0.15) is 5.10 Å². The molecule has 1 aliphatic heterocycles. The number of carbonyl (C=O) groups excluding carboxylic acids is 1. The maximum atomic E-state index is 11.4. The monoisotopic (exact) mass is 269 g/mol. The zero-order chi connectivity index (χ0) is 14.3. The SMILES string of the molecule is Cc1cc(C2=NNC(=O)CC2C)cc2ccc(=O)[nH]c12. The van der Waals surface area contributed by atoms with Crippen molar-refractivity contribution in [2.75, 3.05) is 0 Å². The van der Waals surface area contributed by atoms with Crippen LogP contribution in [0.5, 0.6) is 0 Å². The molecular weight excluding hydrogens is 254 g/mol. The number of fused-ring (bicyclic) bond motifs is 1. The summed E-state index contributed by atoms with van der Waals surface area (Å²) in [4.78, 5) is 25.5. The second-order valence-electron chi connectivity index (χ2n) is 5.22. The lowest BCUT2D eigenvalue weighted by molar-refractivity contribution is -0.121. The molecule has 5 nitrogen and oxygen atoms in total. The number of aromatic nitrogens is 1. The molecule has 2 N–H and O–H groups in total. The number of nitrogens with one attached hydrogen (secondary N) is 2. The first-order valence-corrected chi connectivity index (χ1v) is 6.55. The summed E-state index contributed by atoms with van der Waals surface area (Å²) in [5.41, 5.74) is 6.11. The maximum Gasteiger partial charge on any atom is 0.248 e. The van der Waals surface area contributed by atoms with Crippen LogP contribution in [0.25, 0.3) is 10.9 Å². The van der Waals surface area contributed by atoms with Crippen molar-refractivity contribution >= 4 is 22.5 Å². The number of hydrogen-bond donors (Lipinski definition) is 2. The molecule has 3 rings (SSSR count). The third kappa shape index (κ3) is 2.11. The minimum atomic E-state index is -0.107. The smallest absolute Gasteiger partial charge is 0.248 e. The molecule has 1 unspecified atom stereocenters. The van der Waals surface area contributed by atoms with Gasteiger partial charge in [0.05, 0.1) is 11.2 Å². The Balaban J connectivity index is 2.16. The van der Waals surface area contributed by atoms with E-state index in [1.165, 1.54) is 6.07 Å². The number of nitrogens with zero attached hydrogens (tertiary/aromatic N) is 1. The summed E-state index contributed by atoms with van der Waals surface area (Å²) in [6.45, 7) is 3.94. The molecule has 0 saturated carbocycles. The highest BCUT2D eigenvalue weighted by atomic mass is 16.2. The molecule has 2 aromatic rings. The number of benzene rings is 1. The van der Waals surface area contributed by atoms with E-state index >= 15 is 0 Å². The van der Waals surface area contributed by atoms with Gasteiger partial charge >= 0.3 is 0 Å². The van der Waals surface area contributed by atoms with Crippen molar-refractivity contribution in [2.45, 2.75) is 20.3 Å². The molecule has 0 fully saturated rings. The Hall–Kier alpha value is -2.43. The summed E-state index contributed by atoms with van der Waals surface area (Å²) in [5.74, 6) is 0.0338. The predicted octanol–water partition coefficient (Wildman–Crippen LogP) is 1.70. The number of aryl methyl sites for hydroxylation is 1. The van der Waals surface area contributed by atoms with Crippen molar-refractivity contribution in [1.29, 1.82) is 0 Å². The molecule has 1 aromatic heterocycles. The van der Waals surface area contributed by atoms with Crippen LogP contribution in [0.15, 0.2) is 34.2 Å². The Morgan fingerprint density at radius 3 is 2.80 bits per heavy atom. The van der Waals surface area contributed by atoms with Gasteiger partial charge in [0.2, 0.25) is 11.5 Å². The molecule has 1 amide bonds. The molecule has 0 radical (unpaired) electrons. The van der Waals surface area contributed by atoms with Gasteiger partial charge in [-0.1, -0.05) is 6.92 Å². The molecule has 1 aliphatic rings. The second-order valence-corrected chi connectivity index (χ2v) is 5.22. The van der Waals surface area contributed by atoms with Crippen molar-refractivity contribution < 1.29 is 4.79 Å². The highest BCUT2D eigenvalue weighted by Gasteiger charge is 2.22. The molecule has 0 bridgehead atoms. The van der Waals surface area contributed by atoms with Crippen LogP contribution in [0.4, 0.5) is 0 Å². The Morgan fingerprint density at radius 2 is 2.05 bits per heavy atom. The summed E-state index contributed by atoms with van der Waals surface area (Å²) in [5, 5.41) is 5.14. The van der Waals surface area contributed by atoms with E-state index in [0.717, 1.165) is 27.7 Å². The van der Waals surface area contributed by atoms with Crippen LogP contribution in [0, 0.1) is 12.8 Å². The zero-order valence-corrected chi connectivity index (χ0v) is 11.4. The van der Waals surface area contributed by atoms with Crippen molar-refractivity contribution in [2.24, 2.45) is 11.0 Å². The first-order chi connectivity index (χ1) is 9.54. The number of hydrazone groups is 1. The van der Waals surface area contributed by atoms with Gasteiger partial charge in [-0.15, -0.1) is 0 Å². The molecule has 0 aliphatic carbocycles. The number of pyridine rings is 1. The number of aromatic amines is 1. The highest BCUT2D eigenvalue weighted by Crippen LogP contribution is 2.22. The van der Waals surface area contributed by atoms with E-state index in [1.54, 1.807) is 6.07 Å². The van der Waals surface area contributed by atoms with Gasteiger partial charge in [-0.3, -0.25) is 9.59 Å². The second kappa shape index (κ2) is 4.59. The number of H-pyrrole nitrogens is 1. The average molecular weight is 269 g/mol. The van der Waals surface area contributed by atoms with Crippen LogP contribution in [0.2, 0.25) is 0 Å². The van der Waals surface area contributed by atoms with Gasteiger partial charge in [-0.05, 0) is 41.6 Å². The minimum absolute atomic E-state index is 0.0527. The normalized spacial score (nSPS) is 18.8. The molecule has 102 valence electrons. The first-order valence-electron chi connectivity index (χ1n) is 6.55. The number of rotatable bonds is 1. The fourth-order valence-electron chi connectivity index (χ4n) is 2.60. The topological polar surface area (TPSA) is 74.3 Å². The molecule has 1 atom stereocenters. The lowest BCUT2D eigenvalue weighted by atomic mass is 9.92. The summed E-state index contributed by atoms with van der Waals surface area (Å²) in [6, 6.07) is 7.30. The molecule has 0 spiro atoms. The van der Waals surface area contributed by atoms with Crippen LogP contribution >= 0.6 is 0 Å². The van der Waals surface area contributed by atoms with Gasteiger partial charge in [-0.25, -0.2) is 5.43 Å². The molecular formula is C15H15N3O2. The fourth-order valence-corrected chi connectivity index (χ4v) is 2.60. The van der Waals surface area contributed by atoms with Gasteiger partial charge in [0, 0.05) is 18.4 Å². The van der Waals surface area contributed by atoms with Gasteiger partial charge < -0.3 is 4.98 Å². The molecule has 0 saturated heterocycles. The third-order valence-electron chi connectivity index (χ3n) is 3.58. The number of carbonyl (C=O) groups is 1.